The van der Waals surface area contributed by atoms with Crippen LogP contribution >= 0.6 is 0 Å². The van der Waals surface area contributed by atoms with Crippen LogP contribution in [-0.2, 0) is 4.74 Å². The van der Waals surface area contributed by atoms with Crippen molar-refractivity contribution < 1.29 is 9.53 Å². The summed E-state index contributed by atoms with van der Waals surface area (Å²) in [5, 5.41) is 10.4. The van der Waals surface area contributed by atoms with Crippen LogP contribution in [0.1, 0.15) is 29.8 Å². The van der Waals surface area contributed by atoms with Gasteiger partial charge in [0.15, 0.2) is 0 Å². The van der Waals surface area contributed by atoms with Crippen LogP contribution in [0, 0.1) is 5.41 Å². The number of anilines is 2. The van der Waals surface area contributed by atoms with E-state index in [1.165, 1.54) is 6.20 Å². The number of hydrogen-bond donors (Lipinski definition) is 4. The molecular weight excluding hydrogens is 234 g/mol. The van der Waals surface area contributed by atoms with Gasteiger partial charge in [-0.15, -0.1) is 0 Å². The molecular formula is C11H17N5O2. The molecule has 1 aromatic heterocycles. The zero-order valence-electron chi connectivity index (χ0n) is 10.4. The van der Waals surface area contributed by atoms with Gasteiger partial charge in [0.25, 0.3) is 0 Å². The number of nitrogens with two attached hydrogens (primary N) is 1. The second kappa shape index (κ2) is 6.55. The van der Waals surface area contributed by atoms with Crippen molar-refractivity contribution >= 4 is 23.7 Å². The standard InChI is InChI=1S/C11H17N5O2/c1-3-14-10-7(5-12)9(16-13)8(6-15-10)11(17)18-4-2/h5-6,12H,3-4,13H2,1-2H3,(H2,14,15,16). The lowest BCUT2D eigenvalue weighted by molar-refractivity contribution is 0.0527. The highest BCUT2D eigenvalue weighted by atomic mass is 16.5. The fourth-order valence-electron chi connectivity index (χ4n) is 1.49. The fourth-order valence-corrected chi connectivity index (χ4v) is 1.49. The molecule has 0 saturated heterocycles. The lowest BCUT2D eigenvalue weighted by atomic mass is 10.1. The summed E-state index contributed by atoms with van der Waals surface area (Å²) >= 11 is 0. The summed E-state index contributed by atoms with van der Waals surface area (Å²) < 4.78 is 4.90. The van der Waals surface area contributed by atoms with E-state index in [1.807, 2.05) is 6.92 Å². The van der Waals surface area contributed by atoms with Gasteiger partial charge in [0, 0.05) is 19.0 Å². The third-order valence-corrected chi connectivity index (χ3v) is 2.24. The highest BCUT2D eigenvalue weighted by Gasteiger charge is 2.18. The second-order valence-electron chi connectivity index (χ2n) is 3.35. The molecule has 0 aromatic carbocycles. The predicted molar refractivity (Wildman–Crippen MR) is 70.1 cm³/mol. The summed E-state index contributed by atoms with van der Waals surface area (Å²) in [6, 6.07) is 0. The summed E-state index contributed by atoms with van der Waals surface area (Å²) in [5.41, 5.74) is 3.38. The molecule has 0 bridgehead atoms. The highest BCUT2D eigenvalue weighted by molar-refractivity contribution is 6.03. The molecule has 0 radical (unpaired) electrons. The number of aromatic nitrogens is 1. The van der Waals surface area contributed by atoms with Crippen molar-refractivity contribution in [1.82, 2.24) is 4.98 Å². The number of nitrogens with one attached hydrogen (secondary N) is 3. The average molecular weight is 251 g/mol. The third kappa shape index (κ3) is 2.75. The maximum absolute atomic E-state index is 11.7. The number of rotatable bonds is 6. The average Bonchev–Trinajstić information content (AvgIpc) is 2.38. The molecule has 5 N–H and O–H groups in total. The van der Waals surface area contributed by atoms with Crippen molar-refractivity contribution in [2.45, 2.75) is 13.8 Å². The minimum Gasteiger partial charge on any atom is -0.462 e. The van der Waals surface area contributed by atoms with Crippen molar-refractivity contribution in [3.63, 3.8) is 0 Å². The number of hydrogen-bond acceptors (Lipinski definition) is 7. The van der Waals surface area contributed by atoms with Crippen LogP contribution < -0.4 is 16.6 Å². The number of pyridine rings is 1. The van der Waals surface area contributed by atoms with Gasteiger partial charge in [-0.25, -0.2) is 9.78 Å². The van der Waals surface area contributed by atoms with Crippen LogP contribution in [-0.4, -0.2) is 30.3 Å². The van der Waals surface area contributed by atoms with Crippen LogP contribution in [0.25, 0.3) is 0 Å². The topological polar surface area (TPSA) is 113 Å². The second-order valence-corrected chi connectivity index (χ2v) is 3.35. The smallest absolute Gasteiger partial charge is 0.341 e. The van der Waals surface area contributed by atoms with E-state index in [1.54, 1.807) is 6.92 Å². The Hall–Kier alpha value is -2.15. The molecule has 0 aliphatic carbocycles. The van der Waals surface area contributed by atoms with Crippen LogP contribution in [0.15, 0.2) is 6.20 Å². The number of carbonyl (C=O) groups is 1. The first kappa shape index (κ1) is 13.9. The zero-order chi connectivity index (χ0) is 13.5. The van der Waals surface area contributed by atoms with Gasteiger partial charge < -0.3 is 20.9 Å². The number of esters is 1. The Morgan fingerprint density at radius 3 is 2.83 bits per heavy atom. The lowest BCUT2D eigenvalue weighted by Crippen LogP contribution is -2.18. The summed E-state index contributed by atoms with van der Waals surface area (Å²) in [7, 11) is 0. The zero-order valence-corrected chi connectivity index (χ0v) is 10.4. The molecule has 0 saturated carbocycles. The molecule has 0 fully saturated rings. The minimum atomic E-state index is -0.524. The van der Waals surface area contributed by atoms with Crippen molar-refractivity contribution in [2.24, 2.45) is 5.84 Å². The van der Waals surface area contributed by atoms with Crippen molar-refractivity contribution in [1.29, 1.82) is 5.41 Å². The van der Waals surface area contributed by atoms with Crippen LogP contribution in [0.2, 0.25) is 0 Å². The fraction of sp³-hybridized carbons (Fsp3) is 0.364. The maximum atomic E-state index is 11.7. The maximum Gasteiger partial charge on any atom is 0.341 e. The van der Waals surface area contributed by atoms with Gasteiger partial charge in [-0.2, -0.15) is 0 Å². The lowest BCUT2D eigenvalue weighted by Gasteiger charge is -2.14. The molecule has 98 valence electrons. The first-order valence-electron chi connectivity index (χ1n) is 5.60. The van der Waals surface area contributed by atoms with Crippen LogP contribution in [0.5, 0.6) is 0 Å². The van der Waals surface area contributed by atoms with Gasteiger partial charge in [0.1, 0.15) is 11.4 Å². The third-order valence-electron chi connectivity index (χ3n) is 2.24. The number of ether oxygens (including phenoxy) is 1. The molecule has 0 aliphatic heterocycles. The van der Waals surface area contributed by atoms with E-state index in [4.69, 9.17) is 16.0 Å². The van der Waals surface area contributed by atoms with E-state index in [0.29, 0.717) is 23.6 Å². The molecule has 0 atom stereocenters. The van der Waals surface area contributed by atoms with Gasteiger partial charge in [-0.3, -0.25) is 5.84 Å². The van der Waals surface area contributed by atoms with Crippen molar-refractivity contribution in [3.8, 4) is 0 Å². The first-order valence-corrected chi connectivity index (χ1v) is 5.60. The van der Waals surface area contributed by atoms with Gasteiger partial charge in [-0.1, -0.05) is 0 Å². The summed E-state index contributed by atoms with van der Waals surface area (Å²) in [5.74, 6) is 5.38. The normalized spacial score (nSPS) is 9.72. The molecule has 0 aliphatic rings. The number of nitrogen functional groups attached to an aromatic ring is 1. The SMILES string of the molecule is CCNc1ncc(C(=O)OCC)c(NN)c1C=N. The van der Waals surface area contributed by atoms with E-state index < -0.39 is 5.97 Å². The van der Waals surface area contributed by atoms with Gasteiger partial charge in [0.05, 0.1) is 17.9 Å². The molecule has 0 amide bonds. The van der Waals surface area contributed by atoms with E-state index in [9.17, 15) is 4.79 Å². The molecule has 1 rings (SSSR count). The minimum absolute atomic E-state index is 0.208. The number of carbonyl (C=O) groups excluding carboxylic acids is 1. The Balaban J connectivity index is 3.29. The monoisotopic (exact) mass is 251 g/mol. The van der Waals surface area contributed by atoms with Gasteiger partial charge >= 0.3 is 5.97 Å². The molecule has 18 heavy (non-hydrogen) atoms. The molecule has 7 nitrogen and oxygen atoms in total. The van der Waals surface area contributed by atoms with Crippen molar-refractivity contribution in [3.05, 3.63) is 17.3 Å². The molecule has 1 heterocycles. The molecule has 7 heteroatoms. The molecule has 1 aromatic rings. The predicted octanol–water partition coefficient (Wildman–Crippen LogP) is 0.973. The Kier molecular flexibility index (Phi) is 5.06. The summed E-state index contributed by atoms with van der Waals surface area (Å²) in [4.78, 5) is 15.8. The number of hydrazine groups is 1. The summed E-state index contributed by atoms with van der Waals surface area (Å²) in [6.07, 6.45) is 2.46. The van der Waals surface area contributed by atoms with Crippen molar-refractivity contribution in [2.75, 3.05) is 23.9 Å². The Morgan fingerprint density at radius 2 is 2.33 bits per heavy atom. The quantitative estimate of drug-likeness (QED) is 0.259. The van der Waals surface area contributed by atoms with Gasteiger partial charge in [0.2, 0.25) is 0 Å². The van der Waals surface area contributed by atoms with Crippen LogP contribution in [0.4, 0.5) is 11.5 Å². The Labute approximate surface area is 105 Å². The van der Waals surface area contributed by atoms with E-state index in [2.05, 4.69) is 15.7 Å². The largest absolute Gasteiger partial charge is 0.462 e. The van der Waals surface area contributed by atoms with E-state index in [0.717, 1.165) is 6.21 Å². The summed E-state index contributed by atoms with van der Waals surface area (Å²) in [6.45, 7) is 4.53. The molecule has 0 unspecified atom stereocenters. The first-order chi connectivity index (χ1) is 8.69. The van der Waals surface area contributed by atoms with E-state index >= 15 is 0 Å². The number of nitrogens with zero attached hydrogens (tertiary/aromatic N) is 1. The highest BCUT2D eigenvalue weighted by Crippen LogP contribution is 2.24. The van der Waals surface area contributed by atoms with E-state index in [-0.39, 0.29) is 12.2 Å². The van der Waals surface area contributed by atoms with Gasteiger partial charge in [-0.05, 0) is 13.8 Å². The molecule has 0 spiro atoms. The Bertz CT molecular complexity index is 447. The van der Waals surface area contributed by atoms with Crippen LogP contribution in [0.3, 0.4) is 0 Å². The Morgan fingerprint density at radius 1 is 1.61 bits per heavy atom.